The number of fused-ring (bicyclic) bond motifs is 2. The van der Waals surface area contributed by atoms with E-state index in [2.05, 4.69) is 12.4 Å². The van der Waals surface area contributed by atoms with Crippen LogP contribution in [0.4, 0.5) is 4.79 Å². The molecule has 200 valence electrons. The monoisotopic (exact) mass is 572 g/mol. The van der Waals surface area contributed by atoms with Gasteiger partial charge in [-0.15, -0.1) is 0 Å². The number of esters is 1. The van der Waals surface area contributed by atoms with Crippen molar-refractivity contribution in [2.75, 3.05) is 13.6 Å². The van der Waals surface area contributed by atoms with Crippen molar-refractivity contribution < 1.29 is 45.3 Å². The van der Waals surface area contributed by atoms with Crippen LogP contribution >= 0.6 is 0 Å². The van der Waals surface area contributed by atoms with E-state index in [-0.39, 0.29) is 41.0 Å². The van der Waals surface area contributed by atoms with E-state index in [1.54, 1.807) is 32.9 Å². The number of likely N-dealkylation sites (N-methyl/N-ethyl adjacent to an activating group) is 1. The minimum Gasteiger partial charge on any atom is -1.00 e. The lowest BCUT2D eigenvalue weighted by Crippen LogP contribution is -3.00. The minimum absolute atomic E-state index is 0. The molecule has 2 bridgehead atoms. The molecule has 1 N–H and O–H groups in total. The van der Waals surface area contributed by atoms with Gasteiger partial charge in [-0.05, 0) is 26.3 Å². The van der Waals surface area contributed by atoms with Crippen molar-refractivity contribution in [3.63, 3.8) is 0 Å². The first-order valence-corrected chi connectivity index (χ1v) is 12.7. The Kier molecular flexibility index (Phi) is 9.18. The SMILES string of the molecule is CC(C)(C)OC(=O)NC(C(=O)OC1CC2CCC(C1)[N+]2(C)CC(=O)c1ccccc1)c1ccccc1.[Br-]. The van der Waals surface area contributed by atoms with E-state index < -0.39 is 23.7 Å². The number of hydrogen-bond donors (Lipinski definition) is 1. The van der Waals surface area contributed by atoms with E-state index in [4.69, 9.17) is 9.47 Å². The summed E-state index contributed by atoms with van der Waals surface area (Å²) in [5.74, 6) is -0.343. The van der Waals surface area contributed by atoms with Gasteiger partial charge in [0.15, 0.2) is 6.04 Å². The number of carbonyl (C=O) groups excluding carboxylic acids is 3. The molecule has 2 saturated heterocycles. The molecule has 37 heavy (non-hydrogen) atoms. The number of Topliss-reactive ketones (excluding diaryl/α,β-unsaturated/α-hetero) is 1. The Hall–Kier alpha value is -2.71. The average Bonchev–Trinajstić information content (AvgIpc) is 2.98. The quantitative estimate of drug-likeness (QED) is 0.311. The zero-order chi connectivity index (χ0) is 25.9. The van der Waals surface area contributed by atoms with E-state index in [1.165, 1.54) is 0 Å². The van der Waals surface area contributed by atoms with Crippen LogP contribution in [0.15, 0.2) is 60.7 Å². The number of hydrogen-bond acceptors (Lipinski definition) is 5. The highest BCUT2D eigenvalue weighted by Crippen LogP contribution is 2.42. The molecule has 0 aromatic heterocycles. The summed E-state index contributed by atoms with van der Waals surface area (Å²) in [6.07, 6.45) is 2.51. The number of nitrogens with zero attached hydrogens (tertiary/aromatic N) is 1. The molecule has 2 aliphatic heterocycles. The third-order valence-electron chi connectivity index (χ3n) is 7.46. The van der Waals surface area contributed by atoms with E-state index in [0.29, 0.717) is 29.4 Å². The molecule has 0 radical (unpaired) electrons. The maximum absolute atomic E-state index is 13.3. The number of ketones is 1. The van der Waals surface area contributed by atoms with Crippen LogP contribution in [0.3, 0.4) is 0 Å². The topological polar surface area (TPSA) is 81.7 Å². The number of amides is 1. The zero-order valence-electron chi connectivity index (χ0n) is 22.0. The number of halogens is 1. The van der Waals surface area contributed by atoms with Gasteiger partial charge in [0.05, 0.1) is 19.1 Å². The lowest BCUT2D eigenvalue weighted by molar-refractivity contribution is -0.941. The van der Waals surface area contributed by atoms with Crippen molar-refractivity contribution in [3.8, 4) is 0 Å². The maximum atomic E-state index is 13.3. The largest absolute Gasteiger partial charge is 1.00 e. The Morgan fingerprint density at radius 2 is 1.49 bits per heavy atom. The Morgan fingerprint density at radius 3 is 2.03 bits per heavy atom. The number of carbonyl (C=O) groups is 3. The van der Waals surface area contributed by atoms with Gasteiger partial charge in [-0.2, -0.15) is 0 Å². The number of nitrogens with one attached hydrogen (secondary N) is 1. The van der Waals surface area contributed by atoms with E-state index in [0.717, 1.165) is 18.4 Å². The Bertz CT molecular complexity index is 1070. The number of ether oxygens (including phenoxy) is 2. The summed E-state index contributed by atoms with van der Waals surface area (Å²) >= 11 is 0. The molecular formula is C29H37BrN2O5. The van der Waals surface area contributed by atoms with Crippen LogP contribution in [0, 0.1) is 0 Å². The standard InChI is InChI=1S/C29H36N2O5.BrH/c1-29(2,3)36-28(34)30-26(21-13-9-6-10-14-21)27(33)35-24-17-22-15-16-23(18-24)31(22,4)19-25(32)20-11-7-5-8-12-20;/h5-14,22-24,26H,15-19H2,1-4H3;1H. The lowest BCUT2D eigenvalue weighted by Gasteiger charge is -2.46. The van der Waals surface area contributed by atoms with Gasteiger partial charge < -0.3 is 36.3 Å². The van der Waals surface area contributed by atoms with Crippen LogP contribution in [0.5, 0.6) is 0 Å². The number of piperidine rings is 1. The van der Waals surface area contributed by atoms with Crippen LogP contribution < -0.4 is 22.3 Å². The molecule has 8 heteroatoms. The molecule has 2 heterocycles. The van der Waals surface area contributed by atoms with Gasteiger partial charge in [-0.1, -0.05) is 60.7 Å². The Balaban J connectivity index is 0.00000380. The molecule has 7 nitrogen and oxygen atoms in total. The lowest BCUT2D eigenvalue weighted by atomic mass is 9.95. The predicted molar refractivity (Wildman–Crippen MR) is 136 cm³/mol. The number of quaternary nitrogens is 1. The summed E-state index contributed by atoms with van der Waals surface area (Å²) < 4.78 is 12.1. The molecule has 2 aromatic rings. The summed E-state index contributed by atoms with van der Waals surface area (Å²) in [5, 5.41) is 2.69. The number of rotatable bonds is 7. The summed E-state index contributed by atoms with van der Waals surface area (Å²) in [6.45, 7) is 5.78. The van der Waals surface area contributed by atoms with Gasteiger partial charge in [-0.3, -0.25) is 4.79 Å². The van der Waals surface area contributed by atoms with Crippen LogP contribution in [0.25, 0.3) is 0 Å². The molecular weight excluding hydrogens is 536 g/mol. The number of benzene rings is 2. The average molecular weight is 574 g/mol. The second kappa shape index (κ2) is 11.8. The smallest absolute Gasteiger partial charge is 0.408 e. The highest BCUT2D eigenvalue weighted by Gasteiger charge is 2.53. The molecule has 3 atom stereocenters. The van der Waals surface area contributed by atoms with Crippen LogP contribution in [0.1, 0.15) is 68.4 Å². The second-order valence-corrected chi connectivity index (χ2v) is 11.2. The van der Waals surface area contributed by atoms with Crippen molar-refractivity contribution in [2.45, 2.75) is 76.3 Å². The van der Waals surface area contributed by atoms with Gasteiger partial charge in [0, 0.05) is 31.2 Å². The summed E-state index contributed by atoms with van der Waals surface area (Å²) in [5.41, 5.74) is 0.696. The van der Waals surface area contributed by atoms with Crippen LogP contribution in [0.2, 0.25) is 0 Å². The Labute approximate surface area is 229 Å². The predicted octanol–water partition coefficient (Wildman–Crippen LogP) is 1.82. The fourth-order valence-corrected chi connectivity index (χ4v) is 5.65. The summed E-state index contributed by atoms with van der Waals surface area (Å²) in [7, 11) is 2.16. The summed E-state index contributed by atoms with van der Waals surface area (Å²) in [6, 6.07) is 18.0. The van der Waals surface area contributed by atoms with Crippen molar-refractivity contribution in [3.05, 3.63) is 71.8 Å². The van der Waals surface area contributed by atoms with E-state index in [1.807, 2.05) is 48.5 Å². The van der Waals surface area contributed by atoms with Crippen molar-refractivity contribution >= 4 is 17.8 Å². The maximum Gasteiger partial charge on any atom is 0.408 e. The minimum atomic E-state index is -0.957. The molecule has 0 saturated carbocycles. The van der Waals surface area contributed by atoms with Gasteiger partial charge >= 0.3 is 12.1 Å². The van der Waals surface area contributed by atoms with Gasteiger partial charge in [-0.25, -0.2) is 9.59 Å². The molecule has 2 aromatic carbocycles. The first-order chi connectivity index (χ1) is 17.0. The fourth-order valence-electron chi connectivity index (χ4n) is 5.65. The van der Waals surface area contributed by atoms with Crippen LogP contribution in [-0.2, 0) is 14.3 Å². The van der Waals surface area contributed by atoms with Gasteiger partial charge in [0.25, 0.3) is 0 Å². The second-order valence-electron chi connectivity index (χ2n) is 11.2. The third-order valence-corrected chi connectivity index (χ3v) is 7.46. The van der Waals surface area contributed by atoms with E-state index >= 15 is 0 Å². The third kappa shape index (κ3) is 6.99. The van der Waals surface area contributed by atoms with Crippen LogP contribution in [-0.4, -0.2) is 59.7 Å². The Morgan fingerprint density at radius 1 is 0.946 bits per heavy atom. The van der Waals surface area contributed by atoms with Gasteiger partial charge in [0.1, 0.15) is 18.2 Å². The van der Waals surface area contributed by atoms with Crippen molar-refractivity contribution in [1.29, 1.82) is 0 Å². The van der Waals surface area contributed by atoms with Gasteiger partial charge in [0.2, 0.25) is 5.78 Å². The molecule has 2 aliphatic rings. The first-order valence-electron chi connectivity index (χ1n) is 12.7. The zero-order valence-corrected chi connectivity index (χ0v) is 23.6. The van der Waals surface area contributed by atoms with Crippen molar-refractivity contribution in [1.82, 2.24) is 5.32 Å². The molecule has 0 aliphatic carbocycles. The van der Waals surface area contributed by atoms with E-state index in [9.17, 15) is 14.4 Å². The first kappa shape index (κ1) is 28.9. The number of alkyl carbamates (subject to hydrolysis) is 1. The highest BCUT2D eigenvalue weighted by molar-refractivity contribution is 5.97. The highest BCUT2D eigenvalue weighted by atomic mass is 79.9. The molecule has 1 amide bonds. The molecule has 2 fully saturated rings. The van der Waals surface area contributed by atoms with Crippen molar-refractivity contribution in [2.24, 2.45) is 0 Å². The molecule has 4 rings (SSSR count). The fraction of sp³-hybridized carbons (Fsp3) is 0.483. The molecule has 0 spiro atoms. The molecule has 3 unspecified atom stereocenters. The summed E-state index contributed by atoms with van der Waals surface area (Å²) in [4.78, 5) is 38.8. The normalized spacial score (nSPS) is 25.4.